The third-order valence-corrected chi connectivity index (χ3v) is 3.71. The van der Waals surface area contributed by atoms with Crippen LogP contribution in [0.5, 0.6) is 0 Å². The van der Waals surface area contributed by atoms with Gasteiger partial charge < -0.3 is 0 Å². The largest absolute Gasteiger partial charge is 0.272 e. The molecule has 0 saturated heterocycles. The van der Waals surface area contributed by atoms with Crippen molar-refractivity contribution in [2.45, 2.75) is 6.92 Å². The number of nitrogens with zero attached hydrogens (tertiary/aromatic N) is 5. The predicted molar refractivity (Wildman–Crippen MR) is 81.3 cm³/mol. The molecule has 0 atom stereocenters. The lowest BCUT2D eigenvalue weighted by molar-refractivity contribution is 1.11. The number of para-hydroxylation sites is 2. The average Bonchev–Trinajstić information content (AvgIpc) is 2.93. The van der Waals surface area contributed by atoms with Crippen LogP contribution >= 0.6 is 11.6 Å². The lowest BCUT2D eigenvalue weighted by atomic mass is 10.2. The van der Waals surface area contributed by atoms with Crippen LogP contribution in [0.4, 0.5) is 0 Å². The summed E-state index contributed by atoms with van der Waals surface area (Å²) in [6.45, 7) is 1.92. The Labute approximate surface area is 125 Å². The summed E-state index contributed by atoms with van der Waals surface area (Å²) in [7, 11) is 0. The molecule has 6 heteroatoms. The number of fused-ring (bicyclic) bond motifs is 3. The normalized spacial score (nSPS) is 11.3. The van der Waals surface area contributed by atoms with Gasteiger partial charge in [-0.15, -0.1) is 10.2 Å². The minimum absolute atomic E-state index is 0.547. The minimum Gasteiger partial charge on any atom is -0.272 e. The predicted octanol–water partition coefficient (Wildman–Crippen LogP) is 3.30. The molecule has 0 aliphatic carbocycles. The quantitative estimate of drug-likeness (QED) is 0.540. The SMILES string of the molecule is Cc1nc2ccccc2n2c(-c3ccncc3Cl)nnc12. The molecule has 21 heavy (non-hydrogen) atoms. The van der Waals surface area contributed by atoms with Crippen molar-refractivity contribution in [3.05, 3.63) is 53.4 Å². The molecule has 0 spiro atoms. The van der Waals surface area contributed by atoms with Crippen LogP contribution in [0.15, 0.2) is 42.7 Å². The molecule has 3 heterocycles. The van der Waals surface area contributed by atoms with Gasteiger partial charge in [0, 0.05) is 18.0 Å². The molecule has 0 saturated carbocycles. The Morgan fingerprint density at radius 1 is 1.10 bits per heavy atom. The van der Waals surface area contributed by atoms with Gasteiger partial charge in [-0.05, 0) is 25.1 Å². The molecular formula is C15H10ClN5. The molecule has 0 amide bonds. The van der Waals surface area contributed by atoms with Crippen molar-refractivity contribution >= 4 is 28.3 Å². The summed E-state index contributed by atoms with van der Waals surface area (Å²) in [6, 6.07) is 9.74. The van der Waals surface area contributed by atoms with E-state index in [-0.39, 0.29) is 0 Å². The lowest BCUT2D eigenvalue weighted by Crippen LogP contribution is -1.97. The average molecular weight is 296 g/mol. The van der Waals surface area contributed by atoms with Gasteiger partial charge in [0.15, 0.2) is 11.5 Å². The van der Waals surface area contributed by atoms with Crippen LogP contribution in [0.3, 0.4) is 0 Å². The highest BCUT2D eigenvalue weighted by molar-refractivity contribution is 6.33. The van der Waals surface area contributed by atoms with Gasteiger partial charge in [-0.2, -0.15) is 0 Å². The van der Waals surface area contributed by atoms with E-state index in [1.54, 1.807) is 12.4 Å². The van der Waals surface area contributed by atoms with Gasteiger partial charge in [-0.1, -0.05) is 23.7 Å². The molecule has 5 nitrogen and oxygen atoms in total. The molecule has 0 aliphatic rings. The van der Waals surface area contributed by atoms with Crippen molar-refractivity contribution in [2.75, 3.05) is 0 Å². The molecule has 0 N–H and O–H groups in total. The second kappa shape index (κ2) is 4.49. The van der Waals surface area contributed by atoms with E-state index in [9.17, 15) is 0 Å². The van der Waals surface area contributed by atoms with E-state index in [0.717, 1.165) is 27.9 Å². The van der Waals surface area contributed by atoms with Crippen molar-refractivity contribution < 1.29 is 0 Å². The number of aryl methyl sites for hydroxylation is 1. The van der Waals surface area contributed by atoms with E-state index in [0.29, 0.717) is 10.8 Å². The van der Waals surface area contributed by atoms with Gasteiger partial charge in [0.1, 0.15) is 0 Å². The summed E-state index contributed by atoms with van der Waals surface area (Å²) in [4.78, 5) is 8.58. The van der Waals surface area contributed by atoms with Gasteiger partial charge >= 0.3 is 0 Å². The van der Waals surface area contributed by atoms with E-state index in [2.05, 4.69) is 20.2 Å². The van der Waals surface area contributed by atoms with Crippen LogP contribution in [0, 0.1) is 6.92 Å². The summed E-state index contributed by atoms with van der Waals surface area (Å²) >= 11 is 6.25. The second-order valence-electron chi connectivity index (χ2n) is 4.72. The van der Waals surface area contributed by atoms with Crippen molar-refractivity contribution in [1.82, 2.24) is 24.6 Å². The number of pyridine rings is 1. The summed E-state index contributed by atoms with van der Waals surface area (Å²) in [5.41, 5.74) is 4.21. The second-order valence-corrected chi connectivity index (χ2v) is 5.13. The molecule has 4 aromatic rings. The van der Waals surface area contributed by atoms with Gasteiger partial charge in [-0.25, -0.2) is 4.98 Å². The van der Waals surface area contributed by atoms with Crippen LogP contribution in [-0.4, -0.2) is 24.6 Å². The van der Waals surface area contributed by atoms with Gasteiger partial charge in [0.25, 0.3) is 0 Å². The van der Waals surface area contributed by atoms with E-state index in [4.69, 9.17) is 11.6 Å². The summed E-state index contributed by atoms with van der Waals surface area (Å²) < 4.78 is 1.98. The highest BCUT2D eigenvalue weighted by atomic mass is 35.5. The molecule has 0 unspecified atom stereocenters. The first-order valence-electron chi connectivity index (χ1n) is 6.46. The maximum Gasteiger partial charge on any atom is 0.183 e. The highest BCUT2D eigenvalue weighted by Crippen LogP contribution is 2.28. The van der Waals surface area contributed by atoms with Crippen LogP contribution in [-0.2, 0) is 0 Å². The van der Waals surface area contributed by atoms with Gasteiger partial charge in [0.2, 0.25) is 0 Å². The minimum atomic E-state index is 0.547. The first kappa shape index (κ1) is 12.2. The fourth-order valence-electron chi connectivity index (χ4n) is 2.46. The van der Waals surface area contributed by atoms with E-state index >= 15 is 0 Å². The Morgan fingerprint density at radius 3 is 2.81 bits per heavy atom. The summed E-state index contributed by atoms with van der Waals surface area (Å²) in [6.07, 6.45) is 3.30. The van der Waals surface area contributed by atoms with E-state index < -0.39 is 0 Å². The fraction of sp³-hybridized carbons (Fsp3) is 0.0667. The summed E-state index contributed by atoms with van der Waals surface area (Å²) in [5, 5.41) is 9.10. The van der Waals surface area contributed by atoms with E-state index in [1.807, 2.05) is 41.7 Å². The number of hydrogen-bond donors (Lipinski definition) is 0. The molecular weight excluding hydrogens is 286 g/mol. The lowest BCUT2D eigenvalue weighted by Gasteiger charge is -2.07. The Morgan fingerprint density at radius 2 is 1.95 bits per heavy atom. The van der Waals surface area contributed by atoms with Gasteiger partial charge in [-0.3, -0.25) is 9.38 Å². The fourth-order valence-corrected chi connectivity index (χ4v) is 2.66. The molecule has 0 aliphatic heterocycles. The monoisotopic (exact) mass is 295 g/mol. The number of benzene rings is 1. The molecule has 3 aromatic heterocycles. The Balaban J connectivity index is 2.19. The zero-order chi connectivity index (χ0) is 14.4. The standard InChI is InChI=1S/C15H10ClN5/c1-9-14-19-20-15(10-6-7-17-8-11(10)16)21(14)13-5-3-2-4-12(13)18-9/h2-8H,1H3. The Hall–Kier alpha value is -2.53. The van der Waals surface area contributed by atoms with Crippen molar-refractivity contribution in [3.8, 4) is 11.4 Å². The van der Waals surface area contributed by atoms with Crippen LogP contribution in [0.1, 0.15) is 5.69 Å². The molecule has 0 radical (unpaired) electrons. The molecule has 0 fully saturated rings. The first-order chi connectivity index (χ1) is 10.3. The maximum absolute atomic E-state index is 6.25. The zero-order valence-corrected chi connectivity index (χ0v) is 11.9. The van der Waals surface area contributed by atoms with Crippen LogP contribution in [0.25, 0.3) is 28.1 Å². The third kappa shape index (κ3) is 1.78. The highest BCUT2D eigenvalue weighted by Gasteiger charge is 2.15. The molecule has 4 rings (SSSR count). The van der Waals surface area contributed by atoms with Crippen molar-refractivity contribution in [1.29, 1.82) is 0 Å². The molecule has 1 aromatic carbocycles. The van der Waals surface area contributed by atoms with Crippen LogP contribution in [0.2, 0.25) is 5.02 Å². The number of aromatic nitrogens is 5. The van der Waals surface area contributed by atoms with E-state index in [1.165, 1.54) is 0 Å². The van der Waals surface area contributed by atoms with Gasteiger partial charge in [0.05, 0.1) is 21.7 Å². The Bertz CT molecular complexity index is 976. The molecule has 102 valence electrons. The third-order valence-electron chi connectivity index (χ3n) is 3.41. The number of hydrogen-bond acceptors (Lipinski definition) is 4. The smallest absolute Gasteiger partial charge is 0.183 e. The number of rotatable bonds is 1. The maximum atomic E-state index is 6.25. The zero-order valence-electron chi connectivity index (χ0n) is 11.2. The van der Waals surface area contributed by atoms with Crippen molar-refractivity contribution in [2.24, 2.45) is 0 Å². The van der Waals surface area contributed by atoms with Crippen LogP contribution < -0.4 is 0 Å². The Kier molecular flexibility index (Phi) is 2.62. The topological polar surface area (TPSA) is 56.0 Å². The number of halogens is 1. The molecule has 0 bridgehead atoms. The van der Waals surface area contributed by atoms with Crippen molar-refractivity contribution in [3.63, 3.8) is 0 Å². The first-order valence-corrected chi connectivity index (χ1v) is 6.84. The summed E-state index contributed by atoms with van der Waals surface area (Å²) in [5.74, 6) is 0.694.